The fraction of sp³-hybridized carbons (Fsp3) is 0. The van der Waals surface area contributed by atoms with E-state index in [1.54, 1.807) is 34.7 Å². The van der Waals surface area contributed by atoms with E-state index in [2.05, 4.69) is 4.98 Å². The molecule has 0 bridgehead atoms. The highest BCUT2D eigenvalue weighted by molar-refractivity contribution is 7.15. The Hall–Kier alpha value is -2.60. The van der Waals surface area contributed by atoms with E-state index < -0.39 is 0 Å². The zero-order valence-corrected chi connectivity index (χ0v) is 16.0. The maximum Gasteiger partial charge on any atom is 0.275 e. The molecule has 7 heteroatoms. The first-order chi connectivity index (χ1) is 13.1. The lowest BCUT2D eigenvalue weighted by atomic mass is 10.2. The van der Waals surface area contributed by atoms with Crippen LogP contribution in [0.15, 0.2) is 63.8 Å². The molecule has 27 heavy (non-hydrogen) atoms. The lowest BCUT2D eigenvalue weighted by Crippen LogP contribution is -2.22. The molecule has 0 spiro atoms. The predicted octanol–water partition coefficient (Wildman–Crippen LogP) is 5.02. The second-order valence-corrected chi connectivity index (χ2v) is 7.81. The van der Waals surface area contributed by atoms with Gasteiger partial charge in [-0.05, 0) is 42.5 Å². The summed E-state index contributed by atoms with van der Waals surface area (Å²) >= 11 is 13.5. The second-order valence-electron chi connectivity index (χ2n) is 5.96. The fourth-order valence-electron chi connectivity index (χ4n) is 3.01. The number of para-hydroxylation sites is 2. The van der Waals surface area contributed by atoms with Crippen LogP contribution in [-0.2, 0) is 0 Å². The third-order valence-electron chi connectivity index (χ3n) is 4.24. The van der Waals surface area contributed by atoms with E-state index in [9.17, 15) is 4.79 Å². The minimum atomic E-state index is -0.105. The van der Waals surface area contributed by atoms with E-state index >= 15 is 0 Å². The van der Waals surface area contributed by atoms with Gasteiger partial charge in [-0.2, -0.15) is 0 Å². The third kappa shape index (κ3) is 2.75. The van der Waals surface area contributed by atoms with Crippen LogP contribution >= 0.6 is 34.5 Å². The van der Waals surface area contributed by atoms with Crippen LogP contribution in [0.3, 0.4) is 0 Å². The molecular weight excluding hydrogens is 403 g/mol. The third-order valence-corrected chi connectivity index (χ3v) is 5.76. The average Bonchev–Trinajstić information content (AvgIpc) is 3.31. The summed E-state index contributed by atoms with van der Waals surface area (Å²) in [5.41, 5.74) is 2.26. The summed E-state index contributed by atoms with van der Waals surface area (Å²) < 4.78 is 8.06. The van der Waals surface area contributed by atoms with E-state index in [1.807, 2.05) is 30.3 Å². The molecule has 0 fully saturated rings. The number of hydrogen-bond donors (Lipinski definition) is 0. The van der Waals surface area contributed by atoms with Crippen LogP contribution in [0.1, 0.15) is 5.76 Å². The summed E-state index contributed by atoms with van der Waals surface area (Å²) in [6.07, 6.45) is 1.73. The molecule has 0 aliphatic rings. The van der Waals surface area contributed by atoms with Gasteiger partial charge in [0.1, 0.15) is 16.1 Å². The standard InChI is InChI=1S/C20H10Cl2N2O2S/c21-11-5-7-13(14(22)9-11)17-8-6-12(26-17)10-18-19(25)24-16-4-2-1-3-15(16)23-20(24)27-18/h1-10H/b18-10+. The van der Waals surface area contributed by atoms with Crippen molar-refractivity contribution in [3.05, 3.63) is 85.3 Å². The summed E-state index contributed by atoms with van der Waals surface area (Å²) in [5.74, 6) is 1.18. The smallest absolute Gasteiger partial charge is 0.275 e. The van der Waals surface area contributed by atoms with Gasteiger partial charge in [0.25, 0.3) is 5.56 Å². The number of halogens is 2. The molecule has 4 nitrogen and oxygen atoms in total. The van der Waals surface area contributed by atoms with Crippen LogP contribution in [-0.4, -0.2) is 9.38 Å². The molecular formula is C20H10Cl2N2O2S. The van der Waals surface area contributed by atoms with Gasteiger partial charge in [-0.3, -0.25) is 4.79 Å². The number of fused-ring (bicyclic) bond motifs is 3. The molecule has 0 amide bonds. The van der Waals surface area contributed by atoms with Crippen LogP contribution in [0.25, 0.3) is 33.4 Å². The maximum atomic E-state index is 12.8. The minimum Gasteiger partial charge on any atom is -0.457 e. The first-order valence-electron chi connectivity index (χ1n) is 8.07. The van der Waals surface area contributed by atoms with E-state index in [0.29, 0.717) is 31.1 Å². The Bertz CT molecular complexity index is 1430. The van der Waals surface area contributed by atoms with Crippen molar-refractivity contribution in [1.82, 2.24) is 9.38 Å². The number of thiazole rings is 1. The molecule has 0 atom stereocenters. The summed E-state index contributed by atoms with van der Waals surface area (Å²) in [6.45, 7) is 0. The SMILES string of the molecule is O=c1/c(=C\c2ccc(-c3ccc(Cl)cc3Cl)o2)sc2nc3ccccc3n12. The van der Waals surface area contributed by atoms with Crippen molar-refractivity contribution < 1.29 is 4.42 Å². The zero-order valence-electron chi connectivity index (χ0n) is 13.6. The topological polar surface area (TPSA) is 47.5 Å². The first kappa shape index (κ1) is 16.6. The molecule has 0 saturated heterocycles. The van der Waals surface area contributed by atoms with Crippen LogP contribution in [0, 0.1) is 0 Å². The number of nitrogens with zero attached hydrogens (tertiary/aromatic N) is 2. The summed E-state index contributed by atoms with van der Waals surface area (Å²) in [6, 6.07) is 16.4. The number of rotatable bonds is 2. The lowest BCUT2D eigenvalue weighted by Gasteiger charge is -2.00. The van der Waals surface area contributed by atoms with E-state index in [-0.39, 0.29) is 5.56 Å². The predicted molar refractivity (Wildman–Crippen MR) is 110 cm³/mol. The average molecular weight is 413 g/mol. The van der Waals surface area contributed by atoms with Crippen molar-refractivity contribution >= 4 is 56.6 Å². The molecule has 0 aliphatic carbocycles. The normalized spacial score (nSPS) is 12.4. The van der Waals surface area contributed by atoms with Crippen LogP contribution in [0.5, 0.6) is 0 Å². The number of benzene rings is 2. The van der Waals surface area contributed by atoms with Crippen molar-refractivity contribution in [2.24, 2.45) is 0 Å². The van der Waals surface area contributed by atoms with E-state index in [4.69, 9.17) is 27.6 Å². The molecule has 5 rings (SSSR count). The Morgan fingerprint density at radius 1 is 1.07 bits per heavy atom. The molecule has 2 aromatic carbocycles. The molecule has 0 saturated carbocycles. The van der Waals surface area contributed by atoms with Crippen LogP contribution in [0.4, 0.5) is 0 Å². The molecule has 132 valence electrons. The first-order valence-corrected chi connectivity index (χ1v) is 9.64. The molecule has 0 unspecified atom stereocenters. The Morgan fingerprint density at radius 3 is 2.78 bits per heavy atom. The van der Waals surface area contributed by atoms with Crippen LogP contribution < -0.4 is 10.1 Å². The number of hydrogen-bond acceptors (Lipinski definition) is 4. The molecule has 5 aromatic rings. The highest BCUT2D eigenvalue weighted by Crippen LogP contribution is 2.31. The molecule has 0 aliphatic heterocycles. The van der Waals surface area contributed by atoms with Crippen molar-refractivity contribution in [3.63, 3.8) is 0 Å². The van der Waals surface area contributed by atoms with Gasteiger partial charge in [0.05, 0.1) is 16.1 Å². The Labute approximate surface area is 166 Å². The fourth-order valence-corrected chi connectivity index (χ4v) is 4.47. The largest absolute Gasteiger partial charge is 0.457 e. The molecule has 0 N–H and O–H groups in total. The van der Waals surface area contributed by atoms with Gasteiger partial charge in [0.15, 0.2) is 4.96 Å². The monoisotopic (exact) mass is 412 g/mol. The van der Waals surface area contributed by atoms with E-state index in [1.165, 1.54) is 11.3 Å². The van der Waals surface area contributed by atoms with Crippen molar-refractivity contribution in [1.29, 1.82) is 0 Å². The van der Waals surface area contributed by atoms with Gasteiger partial charge in [0.2, 0.25) is 0 Å². The highest BCUT2D eigenvalue weighted by atomic mass is 35.5. The second kappa shape index (κ2) is 6.23. The minimum absolute atomic E-state index is 0.105. The van der Waals surface area contributed by atoms with Crippen LogP contribution in [0.2, 0.25) is 10.0 Å². The number of imidazole rings is 1. The quantitative estimate of drug-likeness (QED) is 0.408. The van der Waals surface area contributed by atoms with Gasteiger partial charge < -0.3 is 4.42 Å². The number of aromatic nitrogens is 2. The summed E-state index contributed by atoms with van der Waals surface area (Å²) in [7, 11) is 0. The van der Waals surface area contributed by atoms with Gasteiger partial charge in [-0.25, -0.2) is 9.38 Å². The Morgan fingerprint density at radius 2 is 1.93 bits per heavy atom. The summed E-state index contributed by atoms with van der Waals surface area (Å²) in [4.78, 5) is 18.0. The zero-order chi connectivity index (χ0) is 18.5. The van der Waals surface area contributed by atoms with Gasteiger partial charge in [-0.1, -0.05) is 46.7 Å². The molecule has 3 heterocycles. The van der Waals surface area contributed by atoms with Gasteiger partial charge in [0, 0.05) is 16.7 Å². The van der Waals surface area contributed by atoms with Gasteiger partial charge in [-0.15, -0.1) is 0 Å². The Kier molecular flexibility index (Phi) is 3.82. The van der Waals surface area contributed by atoms with Gasteiger partial charge >= 0.3 is 0 Å². The van der Waals surface area contributed by atoms with Crippen molar-refractivity contribution in [2.75, 3.05) is 0 Å². The maximum absolute atomic E-state index is 12.8. The highest BCUT2D eigenvalue weighted by Gasteiger charge is 2.12. The summed E-state index contributed by atoms with van der Waals surface area (Å²) in [5, 5.41) is 1.07. The van der Waals surface area contributed by atoms with Crippen molar-refractivity contribution in [3.8, 4) is 11.3 Å². The molecule has 0 radical (unpaired) electrons. The lowest BCUT2D eigenvalue weighted by molar-refractivity contribution is 0.571. The Balaban J connectivity index is 1.62. The molecule has 3 aromatic heterocycles. The van der Waals surface area contributed by atoms with E-state index in [0.717, 1.165) is 16.6 Å². The number of furan rings is 1. The van der Waals surface area contributed by atoms with Crippen molar-refractivity contribution in [2.45, 2.75) is 0 Å².